The molecule has 15 heavy (non-hydrogen) atoms. The molecule has 2 heterocycles. The van der Waals surface area contributed by atoms with Crippen molar-refractivity contribution in [2.75, 3.05) is 7.05 Å². The van der Waals surface area contributed by atoms with E-state index >= 15 is 0 Å². The van der Waals surface area contributed by atoms with E-state index in [9.17, 15) is 0 Å². The van der Waals surface area contributed by atoms with Gasteiger partial charge in [0.15, 0.2) is 10.8 Å². The van der Waals surface area contributed by atoms with Gasteiger partial charge in [0.1, 0.15) is 0 Å². The lowest BCUT2D eigenvalue weighted by molar-refractivity contribution is 0.579. The molecule has 1 unspecified atom stereocenters. The molecular formula is C10H11BrN2OS. The Balaban J connectivity index is 2.32. The average molecular weight is 287 g/mol. The zero-order chi connectivity index (χ0) is 10.8. The lowest BCUT2D eigenvalue weighted by Gasteiger charge is -2.04. The molecule has 2 rings (SSSR count). The van der Waals surface area contributed by atoms with Crippen LogP contribution in [0.25, 0.3) is 10.8 Å². The summed E-state index contributed by atoms with van der Waals surface area (Å²) in [4.78, 5) is 4.52. The first-order valence-corrected chi connectivity index (χ1v) is 6.25. The molecule has 0 spiro atoms. The Morgan fingerprint density at radius 2 is 2.40 bits per heavy atom. The normalized spacial score (nSPS) is 13.0. The van der Waals surface area contributed by atoms with Crippen LogP contribution in [-0.2, 0) is 0 Å². The molecule has 0 saturated carbocycles. The molecule has 0 bridgehead atoms. The highest BCUT2D eigenvalue weighted by Gasteiger charge is 2.13. The van der Waals surface area contributed by atoms with E-state index in [1.165, 1.54) is 0 Å². The zero-order valence-electron chi connectivity index (χ0n) is 8.45. The van der Waals surface area contributed by atoms with E-state index in [4.69, 9.17) is 4.42 Å². The van der Waals surface area contributed by atoms with Gasteiger partial charge in [0.2, 0.25) is 0 Å². The van der Waals surface area contributed by atoms with E-state index in [-0.39, 0.29) is 6.04 Å². The van der Waals surface area contributed by atoms with Gasteiger partial charge in [-0.1, -0.05) is 0 Å². The summed E-state index contributed by atoms with van der Waals surface area (Å²) < 4.78 is 6.30. The van der Waals surface area contributed by atoms with Crippen LogP contribution in [0, 0.1) is 0 Å². The molecule has 0 amide bonds. The Morgan fingerprint density at radius 1 is 1.60 bits per heavy atom. The highest BCUT2D eigenvalue weighted by molar-refractivity contribution is 9.10. The standard InChI is InChI=1S/C10H11BrN2OS/c1-6(12-2)8-5-15-10(13-8)9-7(11)3-4-14-9/h3-6,12H,1-2H3. The van der Waals surface area contributed by atoms with Gasteiger partial charge in [0, 0.05) is 11.4 Å². The Bertz CT molecular complexity index is 452. The molecule has 0 aliphatic carbocycles. The maximum atomic E-state index is 5.36. The predicted molar refractivity (Wildman–Crippen MR) is 65.0 cm³/mol. The second-order valence-corrected chi connectivity index (χ2v) is 4.90. The predicted octanol–water partition coefficient (Wildman–Crippen LogP) is 3.45. The third-order valence-corrected chi connectivity index (χ3v) is 3.69. The highest BCUT2D eigenvalue weighted by Crippen LogP contribution is 2.32. The Kier molecular flexibility index (Phi) is 3.23. The quantitative estimate of drug-likeness (QED) is 0.939. The van der Waals surface area contributed by atoms with E-state index in [0.29, 0.717) is 0 Å². The molecule has 2 aromatic rings. The number of halogens is 1. The van der Waals surface area contributed by atoms with Crippen LogP contribution in [0.5, 0.6) is 0 Å². The number of thiazole rings is 1. The molecule has 3 nitrogen and oxygen atoms in total. The molecule has 1 N–H and O–H groups in total. The SMILES string of the molecule is CNC(C)c1csc(-c2occc2Br)n1. The molecule has 80 valence electrons. The number of rotatable bonds is 3. The van der Waals surface area contributed by atoms with Crippen molar-refractivity contribution < 1.29 is 4.42 Å². The van der Waals surface area contributed by atoms with Gasteiger partial charge in [0.05, 0.1) is 16.4 Å². The van der Waals surface area contributed by atoms with Crippen molar-refractivity contribution in [3.63, 3.8) is 0 Å². The molecule has 1 atom stereocenters. The second kappa shape index (κ2) is 4.47. The number of nitrogens with zero attached hydrogens (tertiary/aromatic N) is 1. The minimum Gasteiger partial charge on any atom is -0.461 e. The summed E-state index contributed by atoms with van der Waals surface area (Å²) in [5.41, 5.74) is 1.04. The topological polar surface area (TPSA) is 38.1 Å². The van der Waals surface area contributed by atoms with Gasteiger partial charge in [-0.2, -0.15) is 0 Å². The maximum absolute atomic E-state index is 5.36. The van der Waals surface area contributed by atoms with E-state index in [1.807, 2.05) is 18.5 Å². The number of furan rings is 1. The van der Waals surface area contributed by atoms with E-state index in [1.54, 1.807) is 17.6 Å². The van der Waals surface area contributed by atoms with Crippen LogP contribution in [-0.4, -0.2) is 12.0 Å². The highest BCUT2D eigenvalue weighted by atomic mass is 79.9. The molecular weight excluding hydrogens is 276 g/mol. The van der Waals surface area contributed by atoms with Crippen molar-refractivity contribution in [1.29, 1.82) is 0 Å². The van der Waals surface area contributed by atoms with Crippen molar-refractivity contribution in [2.45, 2.75) is 13.0 Å². The third kappa shape index (κ3) is 2.14. The first-order valence-electron chi connectivity index (χ1n) is 4.58. The minimum atomic E-state index is 0.267. The van der Waals surface area contributed by atoms with Crippen LogP contribution < -0.4 is 5.32 Å². The number of aromatic nitrogens is 1. The maximum Gasteiger partial charge on any atom is 0.176 e. The number of hydrogen-bond acceptors (Lipinski definition) is 4. The zero-order valence-corrected chi connectivity index (χ0v) is 10.9. The summed E-state index contributed by atoms with van der Waals surface area (Å²) in [6.07, 6.45) is 1.65. The van der Waals surface area contributed by atoms with Crippen molar-refractivity contribution >= 4 is 27.3 Å². The van der Waals surface area contributed by atoms with Crippen LogP contribution in [0.1, 0.15) is 18.7 Å². The van der Waals surface area contributed by atoms with E-state index < -0.39 is 0 Å². The van der Waals surface area contributed by atoms with E-state index in [0.717, 1.165) is 20.9 Å². The Morgan fingerprint density at radius 3 is 3.00 bits per heavy atom. The van der Waals surface area contributed by atoms with Crippen molar-refractivity contribution in [3.05, 3.63) is 27.9 Å². The number of nitrogens with one attached hydrogen (secondary N) is 1. The van der Waals surface area contributed by atoms with Crippen molar-refractivity contribution in [1.82, 2.24) is 10.3 Å². The minimum absolute atomic E-state index is 0.267. The lowest BCUT2D eigenvalue weighted by atomic mass is 10.3. The summed E-state index contributed by atoms with van der Waals surface area (Å²) >= 11 is 5.01. The molecule has 0 saturated heterocycles. The van der Waals surface area contributed by atoms with Gasteiger partial charge in [0.25, 0.3) is 0 Å². The van der Waals surface area contributed by atoms with E-state index in [2.05, 4.69) is 33.2 Å². The van der Waals surface area contributed by atoms with Crippen LogP contribution >= 0.6 is 27.3 Å². The summed E-state index contributed by atoms with van der Waals surface area (Å²) in [7, 11) is 1.92. The van der Waals surface area contributed by atoms with Crippen molar-refractivity contribution in [2.24, 2.45) is 0 Å². The van der Waals surface area contributed by atoms with Gasteiger partial charge < -0.3 is 9.73 Å². The summed E-state index contributed by atoms with van der Waals surface area (Å²) in [6, 6.07) is 2.14. The molecule has 2 aromatic heterocycles. The second-order valence-electron chi connectivity index (χ2n) is 3.19. The van der Waals surface area contributed by atoms with Crippen LogP contribution in [0.4, 0.5) is 0 Å². The fourth-order valence-electron chi connectivity index (χ4n) is 1.18. The van der Waals surface area contributed by atoms with Crippen LogP contribution in [0.15, 0.2) is 26.6 Å². The van der Waals surface area contributed by atoms with Gasteiger partial charge in [-0.15, -0.1) is 11.3 Å². The summed E-state index contributed by atoms with van der Waals surface area (Å²) in [6.45, 7) is 2.08. The van der Waals surface area contributed by atoms with Crippen LogP contribution in [0.3, 0.4) is 0 Å². The monoisotopic (exact) mass is 286 g/mol. The smallest absolute Gasteiger partial charge is 0.176 e. The molecule has 0 fully saturated rings. The molecule has 0 radical (unpaired) electrons. The summed E-state index contributed by atoms with van der Waals surface area (Å²) in [5, 5.41) is 6.11. The van der Waals surface area contributed by atoms with Gasteiger partial charge in [-0.3, -0.25) is 0 Å². The van der Waals surface area contributed by atoms with Crippen LogP contribution in [0.2, 0.25) is 0 Å². The first-order chi connectivity index (χ1) is 7.22. The fraction of sp³-hybridized carbons (Fsp3) is 0.300. The molecule has 5 heteroatoms. The largest absolute Gasteiger partial charge is 0.461 e. The van der Waals surface area contributed by atoms with Gasteiger partial charge in [-0.05, 0) is 36.0 Å². The lowest BCUT2D eigenvalue weighted by Crippen LogP contribution is -2.12. The summed E-state index contributed by atoms with van der Waals surface area (Å²) in [5.74, 6) is 0.801. The average Bonchev–Trinajstić information content (AvgIpc) is 2.84. The molecule has 0 aromatic carbocycles. The molecule has 0 aliphatic rings. The Hall–Kier alpha value is -0.650. The third-order valence-electron chi connectivity index (χ3n) is 2.21. The Labute approximate surface area is 101 Å². The van der Waals surface area contributed by atoms with Gasteiger partial charge >= 0.3 is 0 Å². The molecule has 0 aliphatic heterocycles. The van der Waals surface area contributed by atoms with Gasteiger partial charge in [-0.25, -0.2) is 4.98 Å². The number of hydrogen-bond donors (Lipinski definition) is 1. The fourth-order valence-corrected chi connectivity index (χ4v) is 2.62. The van der Waals surface area contributed by atoms with Crippen molar-refractivity contribution in [3.8, 4) is 10.8 Å². The first kappa shape index (κ1) is 10.9.